The summed E-state index contributed by atoms with van der Waals surface area (Å²) in [4.78, 5) is 26.6. The molecule has 0 spiro atoms. The molecule has 1 fully saturated rings. The molecule has 108 valence electrons. The van der Waals surface area contributed by atoms with Gasteiger partial charge >= 0.3 is 0 Å². The molecule has 0 unspecified atom stereocenters. The van der Waals surface area contributed by atoms with Crippen molar-refractivity contribution < 1.29 is 14.3 Å². The van der Waals surface area contributed by atoms with E-state index in [1.807, 2.05) is 12.1 Å². The average Bonchev–Trinajstić information content (AvgIpc) is 2.48. The number of ether oxygens (including phenoxy) is 1. The lowest BCUT2D eigenvalue weighted by atomic mass is 10.2. The van der Waals surface area contributed by atoms with Crippen LogP contribution in [0.5, 0.6) is 5.75 Å². The second-order valence-electron chi connectivity index (χ2n) is 4.77. The first-order valence-corrected chi connectivity index (χ1v) is 6.53. The van der Waals surface area contributed by atoms with Crippen molar-refractivity contribution in [1.82, 2.24) is 9.80 Å². The monoisotopic (exact) mass is 277 g/mol. The van der Waals surface area contributed by atoms with E-state index >= 15 is 0 Å². The van der Waals surface area contributed by atoms with Crippen molar-refractivity contribution in [1.29, 1.82) is 0 Å². The Morgan fingerprint density at radius 2 is 2.00 bits per heavy atom. The highest BCUT2D eigenvalue weighted by Crippen LogP contribution is 2.12. The van der Waals surface area contributed by atoms with Crippen LogP contribution < -0.4 is 10.5 Å². The molecule has 2 amide bonds. The van der Waals surface area contributed by atoms with Gasteiger partial charge in [-0.2, -0.15) is 0 Å². The van der Waals surface area contributed by atoms with Crippen molar-refractivity contribution in [3.63, 3.8) is 0 Å². The maximum Gasteiger partial charge on any atom is 0.261 e. The van der Waals surface area contributed by atoms with Crippen LogP contribution >= 0.6 is 0 Å². The Morgan fingerprint density at radius 3 is 2.60 bits per heavy atom. The van der Waals surface area contributed by atoms with E-state index in [9.17, 15) is 9.59 Å². The minimum Gasteiger partial charge on any atom is -0.484 e. The van der Waals surface area contributed by atoms with Gasteiger partial charge in [0.15, 0.2) is 6.61 Å². The number of likely N-dealkylation sites (N-methyl/N-ethyl adjacent to an activating group) is 1. The molecule has 1 aliphatic heterocycles. The van der Waals surface area contributed by atoms with Crippen LogP contribution in [0.15, 0.2) is 24.3 Å². The first-order chi connectivity index (χ1) is 9.60. The third-order valence-corrected chi connectivity index (χ3v) is 3.33. The van der Waals surface area contributed by atoms with E-state index in [1.165, 1.54) is 4.90 Å². The molecule has 6 nitrogen and oxygen atoms in total. The lowest BCUT2D eigenvalue weighted by Crippen LogP contribution is -2.51. The maximum absolute atomic E-state index is 12.0. The quantitative estimate of drug-likeness (QED) is 0.828. The number of nitrogens with zero attached hydrogens (tertiary/aromatic N) is 2. The number of carbonyl (C=O) groups excluding carboxylic acids is 2. The van der Waals surface area contributed by atoms with E-state index in [4.69, 9.17) is 10.5 Å². The molecule has 1 aromatic rings. The van der Waals surface area contributed by atoms with Gasteiger partial charge in [0.25, 0.3) is 5.91 Å². The van der Waals surface area contributed by atoms with Crippen LogP contribution in [0.2, 0.25) is 0 Å². The van der Waals surface area contributed by atoms with Crippen molar-refractivity contribution in [2.45, 2.75) is 6.54 Å². The van der Waals surface area contributed by atoms with Gasteiger partial charge in [0.2, 0.25) is 5.91 Å². The fourth-order valence-corrected chi connectivity index (χ4v) is 1.93. The molecule has 20 heavy (non-hydrogen) atoms. The minimum atomic E-state index is -0.172. The molecule has 1 aliphatic rings. The molecule has 2 N–H and O–H groups in total. The summed E-state index contributed by atoms with van der Waals surface area (Å²) in [5.74, 6) is 0.405. The van der Waals surface area contributed by atoms with E-state index < -0.39 is 0 Å². The third-order valence-electron chi connectivity index (χ3n) is 3.33. The van der Waals surface area contributed by atoms with Crippen LogP contribution in [-0.4, -0.2) is 54.9 Å². The number of benzene rings is 1. The Kier molecular flexibility index (Phi) is 4.57. The smallest absolute Gasteiger partial charge is 0.261 e. The maximum atomic E-state index is 12.0. The van der Waals surface area contributed by atoms with Crippen molar-refractivity contribution in [3.05, 3.63) is 29.8 Å². The number of piperazine rings is 1. The first kappa shape index (κ1) is 14.3. The molecule has 6 heteroatoms. The zero-order valence-corrected chi connectivity index (χ0v) is 11.5. The Morgan fingerprint density at radius 1 is 1.30 bits per heavy atom. The number of hydrogen-bond donors (Lipinski definition) is 1. The van der Waals surface area contributed by atoms with E-state index in [0.717, 1.165) is 5.56 Å². The van der Waals surface area contributed by atoms with Gasteiger partial charge in [-0.05, 0) is 17.7 Å². The van der Waals surface area contributed by atoms with Crippen molar-refractivity contribution in [2.24, 2.45) is 5.73 Å². The normalized spacial score (nSPS) is 15.4. The van der Waals surface area contributed by atoms with Crippen molar-refractivity contribution in [3.8, 4) is 5.75 Å². The fraction of sp³-hybridized carbons (Fsp3) is 0.429. The summed E-state index contributed by atoms with van der Waals surface area (Å²) in [6, 6.07) is 7.29. The summed E-state index contributed by atoms with van der Waals surface area (Å²) in [7, 11) is 1.74. The molecule has 0 atom stereocenters. The van der Waals surface area contributed by atoms with Crippen LogP contribution in [0.25, 0.3) is 0 Å². The average molecular weight is 277 g/mol. The summed E-state index contributed by atoms with van der Waals surface area (Å²) in [5, 5.41) is 0. The van der Waals surface area contributed by atoms with E-state index in [1.54, 1.807) is 24.1 Å². The second kappa shape index (κ2) is 6.38. The van der Waals surface area contributed by atoms with Gasteiger partial charge in [0, 0.05) is 26.7 Å². The minimum absolute atomic E-state index is 0.0445. The predicted molar refractivity (Wildman–Crippen MR) is 74.0 cm³/mol. The van der Waals surface area contributed by atoms with E-state index in [2.05, 4.69) is 0 Å². The van der Waals surface area contributed by atoms with Crippen LogP contribution in [-0.2, 0) is 16.1 Å². The highest BCUT2D eigenvalue weighted by Gasteiger charge is 2.24. The largest absolute Gasteiger partial charge is 0.484 e. The SMILES string of the molecule is CN1CCN(C(=O)COc2ccc(CN)cc2)CC1=O. The molecule has 0 aliphatic carbocycles. The molecule has 0 bridgehead atoms. The molecule has 2 rings (SSSR count). The highest BCUT2D eigenvalue weighted by molar-refractivity contribution is 5.86. The van der Waals surface area contributed by atoms with Gasteiger partial charge in [-0.15, -0.1) is 0 Å². The fourth-order valence-electron chi connectivity index (χ4n) is 1.93. The summed E-state index contributed by atoms with van der Waals surface area (Å²) in [6.07, 6.45) is 0. The van der Waals surface area contributed by atoms with Crippen LogP contribution in [0.4, 0.5) is 0 Å². The van der Waals surface area contributed by atoms with E-state index in [-0.39, 0.29) is 25.0 Å². The summed E-state index contributed by atoms with van der Waals surface area (Å²) in [6.45, 7) is 1.67. The predicted octanol–water partition coefficient (Wildman–Crippen LogP) is -0.175. The van der Waals surface area contributed by atoms with Gasteiger partial charge in [-0.1, -0.05) is 12.1 Å². The first-order valence-electron chi connectivity index (χ1n) is 6.53. The molecule has 1 aromatic carbocycles. The summed E-state index contributed by atoms with van der Waals surface area (Å²) < 4.78 is 5.43. The standard InChI is InChI=1S/C14H19N3O3/c1-16-6-7-17(9-13(16)18)14(19)10-20-12-4-2-11(8-15)3-5-12/h2-5H,6-10,15H2,1H3. The summed E-state index contributed by atoms with van der Waals surface area (Å²) >= 11 is 0. The zero-order chi connectivity index (χ0) is 14.5. The van der Waals surface area contributed by atoms with Crippen LogP contribution in [0.3, 0.4) is 0 Å². The number of carbonyl (C=O) groups is 2. The Hall–Kier alpha value is -2.08. The lowest BCUT2D eigenvalue weighted by molar-refractivity contribution is -0.145. The molecule has 1 heterocycles. The van der Waals surface area contributed by atoms with Gasteiger partial charge < -0.3 is 20.3 Å². The molecule has 0 saturated carbocycles. The molecule has 1 saturated heterocycles. The Bertz CT molecular complexity index is 487. The van der Waals surface area contributed by atoms with Gasteiger partial charge in [0.05, 0.1) is 6.54 Å². The molecular weight excluding hydrogens is 258 g/mol. The molecule has 0 radical (unpaired) electrons. The van der Waals surface area contributed by atoms with Crippen molar-refractivity contribution in [2.75, 3.05) is 33.3 Å². The summed E-state index contributed by atoms with van der Waals surface area (Å²) in [5.41, 5.74) is 6.51. The van der Waals surface area contributed by atoms with Gasteiger partial charge in [-0.25, -0.2) is 0 Å². The van der Waals surface area contributed by atoms with Crippen molar-refractivity contribution >= 4 is 11.8 Å². The lowest BCUT2D eigenvalue weighted by Gasteiger charge is -2.31. The second-order valence-corrected chi connectivity index (χ2v) is 4.77. The van der Waals surface area contributed by atoms with E-state index in [0.29, 0.717) is 25.4 Å². The Labute approximate surface area is 118 Å². The number of hydrogen-bond acceptors (Lipinski definition) is 4. The molecule has 0 aromatic heterocycles. The van der Waals surface area contributed by atoms with Gasteiger partial charge in [0.1, 0.15) is 5.75 Å². The number of rotatable bonds is 4. The Balaban J connectivity index is 1.84. The third kappa shape index (κ3) is 3.48. The number of nitrogens with two attached hydrogens (primary N) is 1. The highest BCUT2D eigenvalue weighted by atomic mass is 16.5. The topological polar surface area (TPSA) is 75.9 Å². The molecular formula is C14H19N3O3. The van der Waals surface area contributed by atoms with Gasteiger partial charge in [-0.3, -0.25) is 9.59 Å². The van der Waals surface area contributed by atoms with Crippen LogP contribution in [0.1, 0.15) is 5.56 Å². The zero-order valence-electron chi connectivity index (χ0n) is 11.5. The van der Waals surface area contributed by atoms with Crippen LogP contribution in [0, 0.1) is 0 Å². The number of amides is 2.